The van der Waals surface area contributed by atoms with Crippen LogP contribution in [0.3, 0.4) is 0 Å². The summed E-state index contributed by atoms with van der Waals surface area (Å²) in [5.74, 6) is -3.22. The number of ether oxygens (including phenoxy) is 1. The molecular formula is C16H15F2N3O6S. The van der Waals surface area contributed by atoms with Gasteiger partial charge in [-0.15, -0.1) is 0 Å². The van der Waals surface area contributed by atoms with Gasteiger partial charge in [-0.3, -0.25) is 19.2 Å². The van der Waals surface area contributed by atoms with Crippen LogP contribution in [0.2, 0.25) is 0 Å². The predicted molar refractivity (Wildman–Crippen MR) is 96.8 cm³/mol. The molecule has 28 heavy (non-hydrogen) atoms. The fraction of sp³-hybridized carbons (Fsp3) is 0.188. The molecular weight excluding hydrogens is 400 g/mol. The highest BCUT2D eigenvalue weighted by atomic mass is 32.2. The van der Waals surface area contributed by atoms with Gasteiger partial charge in [0.1, 0.15) is 35.3 Å². The molecule has 0 spiro atoms. The molecule has 0 aliphatic rings. The maximum absolute atomic E-state index is 13.7. The van der Waals surface area contributed by atoms with Gasteiger partial charge >= 0.3 is 0 Å². The average Bonchev–Trinajstić information content (AvgIpc) is 2.61. The molecule has 1 amide bonds. The van der Waals surface area contributed by atoms with Crippen LogP contribution in [0.5, 0.6) is 5.75 Å². The number of nitrogens with zero attached hydrogens (tertiary/aromatic N) is 2. The minimum Gasteiger partial charge on any atom is -0.495 e. The minimum atomic E-state index is -4.12. The van der Waals surface area contributed by atoms with Crippen molar-refractivity contribution in [3.05, 3.63) is 58.1 Å². The Balaban J connectivity index is 2.42. The second-order valence-electron chi connectivity index (χ2n) is 5.53. The van der Waals surface area contributed by atoms with E-state index in [1.165, 1.54) is 13.2 Å². The number of para-hydroxylation sites is 1. The molecule has 0 aliphatic carbocycles. The lowest BCUT2D eigenvalue weighted by molar-refractivity contribution is -0.384. The van der Waals surface area contributed by atoms with Gasteiger partial charge in [-0.1, -0.05) is 6.07 Å². The first kappa shape index (κ1) is 21.0. The van der Waals surface area contributed by atoms with Crippen LogP contribution in [0.1, 0.15) is 0 Å². The lowest BCUT2D eigenvalue weighted by atomic mass is 10.2. The van der Waals surface area contributed by atoms with Crippen LogP contribution < -0.4 is 14.4 Å². The predicted octanol–water partition coefficient (Wildman–Crippen LogP) is 2.29. The van der Waals surface area contributed by atoms with Gasteiger partial charge in [0.05, 0.1) is 18.3 Å². The summed E-state index contributed by atoms with van der Waals surface area (Å²) in [5.41, 5.74) is -1.46. The molecule has 0 bridgehead atoms. The number of nitrogens with one attached hydrogen (secondary N) is 1. The van der Waals surface area contributed by atoms with Crippen LogP contribution in [-0.2, 0) is 14.8 Å². The zero-order valence-electron chi connectivity index (χ0n) is 14.7. The largest absolute Gasteiger partial charge is 0.495 e. The topological polar surface area (TPSA) is 119 Å². The molecule has 150 valence electrons. The molecule has 2 aromatic carbocycles. The van der Waals surface area contributed by atoms with Crippen LogP contribution >= 0.6 is 0 Å². The van der Waals surface area contributed by atoms with Gasteiger partial charge in [-0.25, -0.2) is 17.2 Å². The van der Waals surface area contributed by atoms with Crippen molar-refractivity contribution in [2.75, 3.05) is 29.5 Å². The number of non-ortho nitro benzene ring substituents is 1. The van der Waals surface area contributed by atoms with E-state index in [-0.39, 0.29) is 11.4 Å². The lowest BCUT2D eigenvalue weighted by Crippen LogP contribution is -2.38. The quantitative estimate of drug-likeness (QED) is 0.547. The number of hydrogen-bond acceptors (Lipinski definition) is 6. The lowest BCUT2D eigenvalue weighted by Gasteiger charge is -2.23. The Hall–Kier alpha value is -3.28. The van der Waals surface area contributed by atoms with E-state index in [1.807, 2.05) is 5.32 Å². The summed E-state index contributed by atoms with van der Waals surface area (Å²) in [6, 6.07) is 6.10. The molecule has 0 atom stereocenters. The molecule has 0 saturated heterocycles. The third-order valence-electron chi connectivity index (χ3n) is 3.56. The molecule has 0 heterocycles. The van der Waals surface area contributed by atoms with E-state index in [9.17, 15) is 32.1 Å². The number of hydrogen-bond donors (Lipinski definition) is 1. The summed E-state index contributed by atoms with van der Waals surface area (Å²) in [7, 11) is -2.91. The first-order valence-electron chi connectivity index (χ1n) is 7.58. The minimum absolute atomic E-state index is 0.0547. The molecule has 0 aromatic heterocycles. The van der Waals surface area contributed by atoms with Gasteiger partial charge in [0.25, 0.3) is 5.69 Å². The van der Waals surface area contributed by atoms with Gasteiger partial charge in [0.15, 0.2) is 0 Å². The van der Waals surface area contributed by atoms with Crippen LogP contribution in [-0.4, -0.2) is 39.2 Å². The van der Waals surface area contributed by atoms with Gasteiger partial charge in [0, 0.05) is 12.1 Å². The average molecular weight is 415 g/mol. The Morgan fingerprint density at radius 3 is 2.36 bits per heavy atom. The van der Waals surface area contributed by atoms with E-state index < -0.39 is 50.4 Å². The molecule has 0 aliphatic heterocycles. The number of nitro benzene ring substituents is 1. The molecule has 12 heteroatoms. The van der Waals surface area contributed by atoms with E-state index >= 15 is 0 Å². The number of carbonyl (C=O) groups is 1. The normalized spacial score (nSPS) is 11.0. The standard InChI is InChI=1S/C16H15F2N3O6S/c1-27-14-7-6-10(21(23)24)8-13(14)20(28(2,25)26)9-15(22)19-16-11(17)4-3-5-12(16)18/h3-8H,9H2,1-2H3,(H,19,22). The molecule has 0 unspecified atom stereocenters. The molecule has 2 rings (SSSR count). The van der Waals surface area contributed by atoms with Crippen molar-refractivity contribution in [2.45, 2.75) is 0 Å². The van der Waals surface area contributed by atoms with Crippen molar-refractivity contribution >= 4 is 33.0 Å². The van der Waals surface area contributed by atoms with Crippen LogP contribution in [0.4, 0.5) is 25.8 Å². The van der Waals surface area contributed by atoms with E-state index in [0.717, 1.165) is 36.6 Å². The second-order valence-corrected chi connectivity index (χ2v) is 7.43. The Morgan fingerprint density at radius 2 is 1.86 bits per heavy atom. The Bertz CT molecular complexity index is 1010. The first-order valence-corrected chi connectivity index (χ1v) is 9.43. The Morgan fingerprint density at radius 1 is 1.25 bits per heavy atom. The fourth-order valence-corrected chi connectivity index (χ4v) is 3.15. The monoisotopic (exact) mass is 415 g/mol. The number of anilines is 2. The summed E-state index contributed by atoms with van der Waals surface area (Å²) >= 11 is 0. The van der Waals surface area contributed by atoms with Crippen LogP contribution in [0, 0.1) is 21.7 Å². The summed E-state index contributed by atoms with van der Waals surface area (Å²) in [6.45, 7) is -0.899. The van der Waals surface area contributed by atoms with Gasteiger partial charge in [-0.2, -0.15) is 0 Å². The van der Waals surface area contributed by atoms with Crippen molar-refractivity contribution in [3.8, 4) is 5.75 Å². The molecule has 0 fully saturated rings. The third-order valence-corrected chi connectivity index (χ3v) is 4.68. The zero-order valence-corrected chi connectivity index (χ0v) is 15.5. The molecule has 0 radical (unpaired) electrons. The smallest absolute Gasteiger partial charge is 0.271 e. The zero-order chi connectivity index (χ0) is 21.1. The van der Waals surface area contributed by atoms with Crippen molar-refractivity contribution in [1.82, 2.24) is 0 Å². The van der Waals surface area contributed by atoms with Gasteiger partial charge in [0.2, 0.25) is 15.9 Å². The summed E-state index contributed by atoms with van der Waals surface area (Å²) in [4.78, 5) is 22.5. The molecule has 9 nitrogen and oxygen atoms in total. The highest BCUT2D eigenvalue weighted by Gasteiger charge is 2.27. The number of benzene rings is 2. The highest BCUT2D eigenvalue weighted by molar-refractivity contribution is 7.92. The van der Waals surface area contributed by atoms with E-state index in [2.05, 4.69) is 0 Å². The van der Waals surface area contributed by atoms with E-state index in [4.69, 9.17) is 4.74 Å². The SMILES string of the molecule is COc1ccc([N+](=O)[O-])cc1N(CC(=O)Nc1c(F)cccc1F)S(C)(=O)=O. The number of carbonyl (C=O) groups excluding carboxylic acids is 1. The van der Waals surface area contributed by atoms with Crippen LogP contribution in [0.15, 0.2) is 36.4 Å². The van der Waals surface area contributed by atoms with Crippen molar-refractivity contribution < 1.29 is 31.7 Å². The number of halogens is 2. The van der Waals surface area contributed by atoms with Crippen molar-refractivity contribution in [3.63, 3.8) is 0 Å². The Kier molecular flexibility index (Phi) is 6.13. The third kappa shape index (κ3) is 4.71. The van der Waals surface area contributed by atoms with Gasteiger partial charge in [-0.05, 0) is 18.2 Å². The number of amides is 1. The van der Waals surface area contributed by atoms with E-state index in [0.29, 0.717) is 4.31 Å². The highest BCUT2D eigenvalue weighted by Crippen LogP contribution is 2.33. The van der Waals surface area contributed by atoms with Crippen LogP contribution in [0.25, 0.3) is 0 Å². The fourth-order valence-electron chi connectivity index (χ4n) is 2.29. The summed E-state index contributed by atoms with van der Waals surface area (Å²) < 4.78 is 57.3. The second kappa shape index (κ2) is 8.17. The number of rotatable bonds is 7. The number of nitro groups is 1. The first-order chi connectivity index (χ1) is 13.0. The van der Waals surface area contributed by atoms with Crippen molar-refractivity contribution in [1.29, 1.82) is 0 Å². The number of methoxy groups -OCH3 is 1. The molecule has 1 N–H and O–H groups in total. The van der Waals surface area contributed by atoms with Crippen molar-refractivity contribution in [2.24, 2.45) is 0 Å². The van der Waals surface area contributed by atoms with Gasteiger partial charge < -0.3 is 10.1 Å². The Labute approximate surface area is 158 Å². The molecule has 2 aromatic rings. The number of sulfonamides is 1. The maximum Gasteiger partial charge on any atom is 0.271 e. The van der Waals surface area contributed by atoms with E-state index in [1.54, 1.807) is 0 Å². The summed E-state index contributed by atoms with van der Waals surface area (Å²) in [5, 5.41) is 13.0. The summed E-state index contributed by atoms with van der Waals surface area (Å²) in [6.07, 6.45) is 0.766. The maximum atomic E-state index is 13.7. The molecule has 0 saturated carbocycles.